The van der Waals surface area contributed by atoms with Crippen LogP contribution in [0.2, 0.25) is 0 Å². The fourth-order valence-electron chi connectivity index (χ4n) is 4.43. The molecule has 2 heterocycles. The highest BCUT2D eigenvalue weighted by atomic mass is 16.6. The van der Waals surface area contributed by atoms with Crippen LogP contribution < -0.4 is 9.47 Å². The first-order valence-corrected chi connectivity index (χ1v) is 12.8. The van der Waals surface area contributed by atoms with Crippen LogP contribution in [-0.4, -0.2) is 65.1 Å². The Morgan fingerprint density at radius 1 is 0.829 bits per heavy atom. The zero-order chi connectivity index (χ0) is 23.9. The Labute approximate surface area is 208 Å². The van der Waals surface area contributed by atoms with Gasteiger partial charge in [-0.05, 0) is 78.6 Å². The molecule has 0 spiro atoms. The van der Waals surface area contributed by atoms with Crippen LogP contribution in [0, 0.1) is 6.92 Å². The van der Waals surface area contributed by atoms with E-state index in [2.05, 4.69) is 55.5 Å². The van der Waals surface area contributed by atoms with E-state index in [1.807, 2.05) is 0 Å². The van der Waals surface area contributed by atoms with Crippen LogP contribution in [0.4, 0.5) is 0 Å². The number of ether oxygens (including phenoxy) is 6. The number of epoxide rings is 2. The van der Waals surface area contributed by atoms with Gasteiger partial charge in [-0.25, -0.2) is 0 Å². The summed E-state index contributed by atoms with van der Waals surface area (Å²) in [6.45, 7) is 7.41. The molecule has 6 heteroatoms. The summed E-state index contributed by atoms with van der Waals surface area (Å²) in [5, 5.41) is 0. The number of rotatable bonds is 14. The van der Waals surface area contributed by atoms with Gasteiger partial charge in [-0.1, -0.05) is 24.3 Å². The summed E-state index contributed by atoms with van der Waals surface area (Å²) in [6.07, 6.45) is 6.31. The van der Waals surface area contributed by atoms with Crippen LogP contribution in [0.15, 0.2) is 48.5 Å². The van der Waals surface area contributed by atoms with E-state index in [0.29, 0.717) is 57.8 Å². The SMILES string of the molecule is Cc1cc(C2=CCC(c3ccc(OCCOCC4CO4)cc3)CC2)ccc1OCCOCC1CO1. The minimum atomic E-state index is 0.302. The van der Waals surface area contributed by atoms with Gasteiger partial charge >= 0.3 is 0 Å². The molecule has 2 aromatic rings. The van der Waals surface area contributed by atoms with Gasteiger partial charge in [0.05, 0.1) is 39.6 Å². The number of allylic oxidation sites excluding steroid dienone is 2. The van der Waals surface area contributed by atoms with Gasteiger partial charge in [0.1, 0.15) is 36.9 Å². The molecule has 0 radical (unpaired) electrons. The van der Waals surface area contributed by atoms with Crippen molar-refractivity contribution in [1.82, 2.24) is 0 Å². The van der Waals surface area contributed by atoms with Crippen molar-refractivity contribution in [3.8, 4) is 11.5 Å². The Hall–Kier alpha value is -2.38. The zero-order valence-corrected chi connectivity index (χ0v) is 20.6. The van der Waals surface area contributed by atoms with E-state index < -0.39 is 0 Å². The minimum absolute atomic E-state index is 0.302. The normalized spacial score (nSPS) is 23.0. The summed E-state index contributed by atoms with van der Waals surface area (Å²) in [4.78, 5) is 0. The van der Waals surface area contributed by atoms with E-state index in [9.17, 15) is 0 Å². The number of hydrogen-bond donors (Lipinski definition) is 0. The fourth-order valence-corrected chi connectivity index (χ4v) is 4.43. The Kier molecular flexibility index (Phi) is 8.37. The molecule has 35 heavy (non-hydrogen) atoms. The molecule has 1 aliphatic carbocycles. The molecule has 2 saturated heterocycles. The molecule has 6 nitrogen and oxygen atoms in total. The number of aryl methyl sites for hydroxylation is 1. The highest BCUT2D eigenvalue weighted by Gasteiger charge is 2.23. The van der Waals surface area contributed by atoms with Crippen LogP contribution in [0.3, 0.4) is 0 Å². The summed E-state index contributed by atoms with van der Waals surface area (Å²) in [5.74, 6) is 2.38. The first-order valence-electron chi connectivity index (χ1n) is 12.8. The summed E-state index contributed by atoms with van der Waals surface area (Å²) in [5.41, 5.74) is 5.28. The second kappa shape index (κ2) is 12.0. The highest BCUT2D eigenvalue weighted by molar-refractivity contribution is 5.68. The number of hydrogen-bond acceptors (Lipinski definition) is 6. The molecular formula is C29H36O6. The minimum Gasteiger partial charge on any atom is -0.491 e. The third-order valence-corrected chi connectivity index (χ3v) is 6.70. The van der Waals surface area contributed by atoms with E-state index in [-0.39, 0.29) is 0 Å². The van der Waals surface area contributed by atoms with Crippen molar-refractivity contribution < 1.29 is 28.4 Å². The summed E-state index contributed by atoms with van der Waals surface area (Å²) in [6, 6.07) is 15.1. The average Bonchev–Trinajstić information content (AvgIpc) is 3.81. The first-order chi connectivity index (χ1) is 17.2. The predicted molar refractivity (Wildman–Crippen MR) is 134 cm³/mol. The van der Waals surface area contributed by atoms with E-state index in [0.717, 1.165) is 49.5 Å². The molecule has 3 aliphatic rings. The van der Waals surface area contributed by atoms with Gasteiger partial charge in [0.15, 0.2) is 0 Å². The molecule has 3 unspecified atom stereocenters. The maximum Gasteiger partial charge on any atom is 0.122 e. The third kappa shape index (κ3) is 7.55. The molecule has 0 amide bonds. The van der Waals surface area contributed by atoms with Crippen LogP contribution in [-0.2, 0) is 18.9 Å². The molecule has 0 aromatic heterocycles. The van der Waals surface area contributed by atoms with Gasteiger partial charge in [-0.3, -0.25) is 0 Å². The third-order valence-electron chi connectivity index (χ3n) is 6.70. The summed E-state index contributed by atoms with van der Waals surface area (Å²) in [7, 11) is 0. The molecule has 5 rings (SSSR count). The molecule has 2 aliphatic heterocycles. The van der Waals surface area contributed by atoms with E-state index in [1.54, 1.807) is 0 Å². The highest BCUT2D eigenvalue weighted by Crippen LogP contribution is 2.37. The summed E-state index contributed by atoms with van der Waals surface area (Å²) >= 11 is 0. The lowest BCUT2D eigenvalue weighted by molar-refractivity contribution is 0.0876. The van der Waals surface area contributed by atoms with Crippen LogP contribution >= 0.6 is 0 Å². The smallest absolute Gasteiger partial charge is 0.122 e. The lowest BCUT2D eigenvalue weighted by Gasteiger charge is -2.23. The fraction of sp³-hybridized carbons (Fsp3) is 0.517. The lowest BCUT2D eigenvalue weighted by Crippen LogP contribution is -2.10. The monoisotopic (exact) mass is 480 g/mol. The summed E-state index contributed by atoms with van der Waals surface area (Å²) < 4.78 is 33.0. The van der Waals surface area contributed by atoms with Crippen LogP contribution in [0.5, 0.6) is 11.5 Å². The Morgan fingerprint density at radius 3 is 2.11 bits per heavy atom. The maximum atomic E-state index is 5.91. The molecular weight excluding hydrogens is 444 g/mol. The topological polar surface area (TPSA) is 62.0 Å². The van der Waals surface area contributed by atoms with Gasteiger partial charge in [-0.15, -0.1) is 0 Å². The van der Waals surface area contributed by atoms with Crippen molar-refractivity contribution in [3.05, 3.63) is 65.2 Å². The maximum absolute atomic E-state index is 5.91. The molecule has 0 N–H and O–H groups in total. The van der Waals surface area contributed by atoms with Gasteiger partial charge in [0.25, 0.3) is 0 Å². The van der Waals surface area contributed by atoms with Gasteiger partial charge in [0, 0.05) is 0 Å². The average molecular weight is 481 g/mol. The van der Waals surface area contributed by atoms with Crippen molar-refractivity contribution in [3.63, 3.8) is 0 Å². The number of benzene rings is 2. The molecule has 3 atom stereocenters. The lowest BCUT2D eigenvalue weighted by atomic mass is 9.82. The van der Waals surface area contributed by atoms with Gasteiger partial charge in [-0.2, -0.15) is 0 Å². The molecule has 0 bridgehead atoms. The standard InChI is InChI=1S/C29H36O6/c1-21-16-25(8-11-29(21)33-15-13-31-18-28-20-35-28)24-4-2-22(3-5-24)23-6-9-26(10-7-23)32-14-12-30-17-27-19-34-27/h4,6-11,16,22,27-28H,2-3,5,12-15,17-20H2,1H3. The Morgan fingerprint density at radius 2 is 1.51 bits per heavy atom. The first kappa shape index (κ1) is 24.3. The second-order valence-corrected chi connectivity index (χ2v) is 9.51. The Bertz CT molecular complexity index is 977. The van der Waals surface area contributed by atoms with Crippen molar-refractivity contribution in [2.75, 3.05) is 52.9 Å². The second-order valence-electron chi connectivity index (χ2n) is 9.51. The molecule has 2 aromatic carbocycles. The quantitative estimate of drug-likeness (QED) is 0.282. The molecule has 0 saturated carbocycles. The van der Waals surface area contributed by atoms with Crippen molar-refractivity contribution >= 4 is 5.57 Å². The van der Waals surface area contributed by atoms with Gasteiger partial charge < -0.3 is 28.4 Å². The van der Waals surface area contributed by atoms with E-state index in [4.69, 9.17) is 28.4 Å². The van der Waals surface area contributed by atoms with Crippen molar-refractivity contribution in [2.24, 2.45) is 0 Å². The zero-order valence-electron chi connectivity index (χ0n) is 20.6. The molecule has 188 valence electrons. The van der Waals surface area contributed by atoms with E-state index in [1.165, 1.54) is 16.7 Å². The van der Waals surface area contributed by atoms with E-state index >= 15 is 0 Å². The van der Waals surface area contributed by atoms with Gasteiger partial charge in [0.2, 0.25) is 0 Å². The van der Waals surface area contributed by atoms with Crippen molar-refractivity contribution in [1.29, 1.82) is 0 Å². The largest absolute Gasteiger partial charge is 0.491 e. The van der Waals surface area contributed by atoms with Crippen molar-refractivity contribution in [2.45, 2.75) is 44.3 Å². The van der Waals surface area contributed by atoms with Crippen LogP contribution in [0.1, 0.15) is 41.9 Å². The predicted octanol–water partition coefficient (Wildman–Crippen LogP) is 4.93. The van der Waals surface area contributed by atoms with Crippen LogP contribution in [0.25, 0.3) is 5.57 Å². The molecule has 2 fully saturated rings. The Balaban J connectivity index is 1.06.